The number of aromatic nitrogens is 2. The third-order valence-electron chi connectivity index (χ3n) is 6.30. The van der Waals surface area contributed by atoms with Crippen molar-refractivity contribution in [2.75, 3.05) is 19.6 Å². The number of hydrogen-bond acceptors (Lipinski definition) is 6. The van der Waals surface area contributed by atoms with Gasteiger partial charge < -0.3 is 30.1 Å². The molecule has 2 aromatic rings. The number of nitrogens with zero attached hydrogens (tertiary/aromatic N) is 3. The van der Waals surface area contributed by atoms with Crippen molar-refractivity contribution in [3.8, 4) is 0 Å². The van der Waals surface area contributed by atoms with Crippen LogP contribution in [0.4, 0.5) is 8.63 Å². The highest BCUT2D eigenvalue weighted by atomic mass is 19.2. The molecule has 3 heterocycles. The molecule has 1 amide bonds. The van der Waals surface area contributed by atoms with Crippen molar-refractivity contribution in [1.82, 2.24) is 19.7 Å². The Kier molecular flexibility index (Phi) is 11.2. The van der Waals surface area contributed by atoms with E-state index < -0.39 is 44.4 Å². The van der Waals surface area contributed by atoms with Crippen molar-refractivity contribution in [3.05, 3.63) is 65.4 Å². The van der Waals surface area contributed by atoms with E-state index in [4.69, 9.17) is 10.2 Å². The summed E-state index contributed by atoms with van der Waals surface area (Å²) in [7, 11) is -2.82. The van der Waals surface area contributed by atoms with Gasteiger partial charge in [-0.15, -0.1) is 0 Å². The second-order valence-electron chi connectivity index (χ2n) is 9.27. The molecular formula is C26H30BF2N5O7. The molecule has 2 aromatic heterocycles. The van der Waals surface area contributed by atoms with Gasteiger partial charge in [0.15, 0.2) is 0 Å². The monoisotopic (exact) mass is 573 g/mol. The SMILES string of the molecule is O=C(O)CN(CC(=O)O)C(CCCCNC(=O)CCc1ccc(/C=C2/C=CC(c3ccc[nH]3)=N2)n1B(F)F)C(=O)O. The molecule has 0 saturated heterocycles. The molecule has 1 unspecified atom stereocenters. The van der Waals surface area contributed by atoms with Gasteiger partial charge in [-0.3, -0.25) is 32.7 Å². The number of aromatic amines is 1. The first-order valence-corrected chi connectivity index (χ1v) is 12.8. The van der Waals surface area contributed by atoms with Gasteiger partial charge >= 0.3 is 25.3 Å². The first-order chi connectivity index (χ1) is 19.5. The maximum absolute atomic E-state index is 13.9. The fourth-order valence-corrected chi connectivity index (χ4v) is 4.42. The zero-order valence-corrected chi connectivity index (χ0v) is 22.0. The van der Waals surface area contributed by atoms with Crippen LogP contribution in [0.3, 0.4) is 0 Å². The zero-order valence-electron chi connectivity index (χ0n) is 22.0. The van der Waals surface area contributed by atoms with Crippen LogP contribution < -0.4 is 5.32 Å². The predicted molar refractivity (Wildman–Crippen MR) is 146 cm³/mol. The summed E-state index contributed by atoms with van der Waals surface area (Å²) in [4.78, 5) is 54.2. The molecule has 1 atom stereocenters. The van der Waals surface area contributed by atoms with Crippen molar-refractivity contribution in [3.63, 3.8) is 0 Å². The van der Waals surface area contributed by atoms with E-state index in [2.05, 4.69) is 15.3 Å². The molecule has 0 spiro atoms. The highest BCUT2D eigenvalue weighted by molar-refractivity contribution is 6.41. The average Bonchev–Trinajstić information content (AvgIpc) is 3.65. The highest BCUT2D eigenvalue weighted by Gasteiger charge is 2.28. The number of aryl methyl sites for hydroxylation is 1. The minimum absolute atomic E-state index is 0.0162. The van der Waals surface area contributed by atoms with E-state index in [0.717, 1.165) is 15.1 Å². The lowest BCUT2D eigenvalue weighted by Crippen LogP contribution is -2.46. The number of H-pyrrole nitrogens is 1. The minimum atomic E-state index is -2.82. The number of hydrogen-bond donors (Lipinski definition) is 5. The van der Waals surface area contributed by atoms with Gasteiger partial charge in [0.25, 0.3) is 0 Å². The number of aliphatic carboxylic acids is 3. The molecule has 12 nitrogen and oxygen atoms in total. The number of carboxylic acids is 3. The predicted octanol–water partition coefficient (Wildman–Crippen LogP) is 2.13. The maximum atomic E-state index is 13.9. The third kappa shape index (κ3) is 9.27. The Morgan fingerprint density at radius 1 is 1.07 bits per heavy atom. The largest absolute Gasteiger partial charge is 0.677 e. The van der Waals surface area contributed by atoms with Crippen LogP contribution in [0, 0.1) is 0 Å². The van der Waals surface area contributed by atoms with E-state index in [9.17, 15) is 32.9 Å². The summed E-state index contributed by atoms with van der Waals surface area (Å²) < 4.78 is 28.6. The Labute approximate surface area is 234 Å². The molecule has 0 aliphatic carbocycles. The van der Waals surface area contributed by atoms with Crippen LogP contribution >= 0.6 is 0 Å². The van der Waals surface area contributed by atoms with Crippen molar-refractivity contribution in [2.24, 2.45) is 4.99 Å². The van der Waals surface area contributed by atoms with Gasteiger partial charge in [-0.1, -0.05) is 0 Å². The number of rotatable bonds is 17. The smallest absolute Gasteiger partial charge is 0.480 e. The molecular weight excluding hydrogens is 543 g/mol. The van der Waals surface area contributed by atoms with Crippen LogP contribution in [0.1, 0.15) is 42.8 Å². The lowest BCUT2D eigenvalue weighted by atomic mass is 10.1. The quantitative estimate of drug-likeness (QED) is 0.141. The molecule has 0 fully saturated rings. The standard InChI is InChI=1S/C26H30BF2N5O7/c28-27(29)34-18(7-8-19(34)14-17-6-10-21(32-17)20-4-3-13-30-20)9-11-23(35)31-12-2-1-5-22(26(40)41)33(15-24(36)37)16-25(38)39/h3-4,6-8,10,13-14,22,30H,1-2,5,9,11-12,15-16H2,(H,31,35)(H,36,37)(H,38,39)(H,40,41)/b17-14-. The van der Waals surface area contributed by atoms with E-state index in [1.807, 2.05) is 12.1 Å². The van der Waals surface area contributed by atoms with Crippen LogP contribution in [0.25, 0.3) is 6.08 Å². The first-order valence-electron chi connectivity index (χ1n) is 12.8. The molecule has 1 aliphatic rings. The van der Waals surface area contributed by atoms with Crippen LogP contribution in [0.2, 0.25) is 0 Å². The molecule has 41 heavy (non-hydrogen) atoms. The van der Waals surface area contributed by atoms with Crippen molar-refractivity contribution in [1.29, 1.82) is 0 Å². The molecule has 0 radical (unpaired) electrons. The van der Waals surface area contributed by atoms with Crippen molar-refractivity contribution in [2.45, 2.75) is 38.1 Å². The lowest BCUT2D eigenvalue weighted by Gasteiger charge is -2.25. The van der Waals surface area contributed by atoms with Crippen molar-refractivity contribution < 1.29 is 43.1 Å². The summed E-state index contributed by atoms with van der Waals surface area (Å²) >= 11 is 0. The van der Waals surface area contributed by atoms with E-state index in [1.165, 1.54) is 6.07 Å². The van der Waals surface area contributed by atoms with Crippen LogP contribution in [-0.4, -0.2) is 92.3 Å². The Morgan fingerprint density at radius 2 is 1.80 bits per heavy atom. The summed E-state index contributed by atoms with van der Waals surface area (Å²) in [6.07, 6.45) is 7.43. The highest BCUT2D eigenvalue weighted by Crippen LogP contribution is 2.21. The van der Waals surface area contributed by atoms with Crippen LogP contribution in [-0.2, 0) is 25.6 Å². The van der Waals surface area contributed by atoms with Crippen LogP contribution in [0.15, 0.2) is 53.3 Å². The zero-order chi connectivity index (χ0) is 29.9. The second kappa shape index (κ2) is 14.7. The molecule has 218 valence electrons. The van der Waals surface area contributed by atoms with Crippen LogP contribution in [0.5, 0.6) is 0 Å². The van der Waals surface area contributed by atoms with E-state index in [1.54, 1.807) is 30.5 Å². The van der Waals surface area contributed by atoms with E-state index in [0.29, 0.717) is 17.8 Å². The third-order valence-corrected chi connectivity index (χ3v) is 6.30. The average molecular weight is 573 g/mol. The first kappa shape index (κ1) is 31.0. The Morgan fingerprint density at radius 3 is 2.41 bits per heavy atom. The number of aliphatic imine (C=N–C) groups is 1. The molecule has 15 heteroatoms. The summed E-state index contributed by atoms with van der Waals surface area (Å²) in [5.41, 5.74) is 2.53. The fraction of sp³-hybridized carbons (Fsp3) is 0.346. The molecule has 3 rings (SSSR count). The van der Waals surface area contributed by atoms with Gasteiger partial charge in [-0.2, -0.15) is 0 Å². The van der Waals surface area contributed by atoms with E-state index in [-0.39, 0.29) is 49.5 Å². The summed E-state index contributed by atoms with van der Waals surface area (Å²) in [6, 6.07) is 5.44. The second-order valence-corrected chi connectivity index (χ2v) is 9.27. The molecule has 0 saturated carbocycles. The van der Waals surface area contributed by atoms with E-state index >= 15 is 0 Å². The number of unbranched alkanes of at least 4 members (excludes halogenated alkanes) is 1. The van der Waals surface area contributed by atoms with Gasteiger partial charge in [0.1, 0.15) is 6.04 Å². The molecule has 0 bridgehead atoms. The summed E-state index contributed by atoms with van der Waals surface area (Å²) in [5.74, 6) is -4.42. The number of carbonyl (C=O) groups excluding carboxylic acids is 1. The lowest BCUT2D eigenvalue weighted by molar-refractivity contribution is -0.149. The normalized spacial score (nSPS) is 14.3. The maximum Gasteiger partial charge on any atom is 0.677 e. The minimum Gasteiger partial charge on any atom is -0.480 e. The van der Waals surface area contributed by atoms with Gasteiger partial charge in [0.2, 0.25) is 5.91 Å². The van der Waals surface area contributed by atoms with Crippen molar-refractivity contribution >= 4 is 43.0 Å². The number of halogens is 2. The number of carboxylic acid groups (broad SMARTS) is 3. The number of amides is 1. The Hall–Kier alpha value is -4.53. The number of carbonyl (C=O) groups is 4. The van der Waals surface area contributed by atoms with Gasteiger partial charge in [0.05, 0.1) is 30.2 Å². The molecule has 0 aromatic carbocycles. The molecule has 1 aliphatic heterocycles. The molecule has 5 N–H and O–H groups in total. The number of nitrogens with one attached hydrogen (secondary N) is 2. The Bertz CT molecular complexity index is 1320. The van der Waals surface area contributed by atoms with Gasteiger partial charge in [0, 0.05) is 30.6 Å². The van der Waals surface area contributed by atoms with Gasteiger partial charge in [-0.25, -0.2) is 4.99 Å². The summed E-state index contributed by atoms with van der Waals surface area (Å²) in [5, 5.41) is 30.0. The topological polar surface area (TPSA) is 177 Å². The Balaban J connectivity index is 1.49. The number of allylic oxidation sites excluding steroid dienone is 2. The van der Waals surface area contributed by atoms with Gasteiger partial charge in [-0.05, 0) is 68.2 Å². The summed E-state index contributed by atoms with van der Waals surface area (Å²) in [6.45, 7) is -1.29. The fourth-order valence-electron chi connectivity index (χ4n) is 4.42.